The first-order valence-corrected chi connectivity index (χ1v) is 5.39. The monoisotopic (exact) mass is 234 g/mol. The highest BCUT2D eigenvalue weighted by Crippen LogP contribution is 2.15. The number of nitrogens with one attached hydrogen (secondary N) is 1. The lowest BCUT2D eigenvalue weighted by atomic mass is 10.1. The molecular formula is C11H14N4O2. The number of piperazine rings is 1. The maximum atomic E-state index is 12.2. The molecule has 0 aliphatic carbocycles. The van der Waals surface area contributed by atoms with Crippen LogP contribution in [0.5, 0.6) is 0 Å². The first kappa shape index (κ1) is 11.4. The number of carbonyl (C=O) groups excluding carboxylic acids is 2. The summed E-state index contributed by atoms with van der Waals surface area (Å²) in [4.78, 5) is 29.1. The van der Waals surface area contributed by atoms with Crippen molar-refractivity contribution < 1.29 is 9.59 Å². The van der Waals surface area contributed by atoms with E-state index >= 15 is 0 Å². The van der Waals surface area contributed by atoms with Crippen LogP contribution in [0.2, 0.25) is 0 Å². The van der Waals surface area contributed by atoms with Gasteiger partial charge in [0.15, 0.2) is 0 Å². The maximum Gasteiger partial charge on any atom is 0.258 e. The number of nitrogens with two attached hydrogens (primary N) is 1. The number of carbonyl (C=O) groups is 2. The van der Waals surface area contributed by atoms with Gasteiger partial charge in [-0.25, -0.2) is 0 Å². The van der Waals surface area contributed by atoms with E-state index in [0.717, 1.165) is 0 Å². The topological polar surface area (TPSA) is 88.3 Å². The van der Waals surface area contributed by atoms with E-state index in [1.807, 2.05) is 0 Å². The summed E-state index contributed by atoms with van der Waals surface area (Å²) in [5.41, 5.74) is 6.44. The Bertz CT molecular complexity index is 461. The van der Waals surface area contributed by atoms with Crippen LogP contribution in [0.4, 0.5) is 5.69 Å². The van der Waals surface area contributed by atoms with Gasteiger partial charge in [-0.2, -0.15) is 0 Å². The third kappa shape index (κ3) is 2.06. The van der Waals surface area contributed by atoms with Crippen LogP contribution < -0.4 is 11.1 Å². The van der Waals surface area contributed by atoms with Gasteiger partial charge in [-0.3, -0.25) is 14.6 Å². The Hall–Kier alpha value is -2.11. The number of amides is 2. The number of aromatic nitrogens is 1. The Morgan fingerprint density at radius 1 is 1.65 bits per heavy atom. The van der Waals surface area contributed by atoms with Gasteiger partial charge in [0.05, 0.1) is 5.56 Å². The molecule has 1 aliphatic rings. The van der Waals surface area contributed by atoms with Crippen LogP contribution in [0, 0.1) is 0 Å². The minimum Gasteiger partial charge on any atom is -0.398 e. The Balaban J connectivity index is 2.26. The zero-order valence-electron chi connectivity index (χ0n) is 9.51. The molecule has 1 aromatic heterocycles. The molecule has 2 rings (SSSR count). The maximum absolute atomic E-state index is 12.2. The Morgan fingerprint density at radius 3 is 3.12 bits per heavy atom. The fourth-order valence-electron chi connectivity index (χ4n) is 1.80. The Labute approximate surface area is 98.8 Å². The Kier molecular flexibility index (Phi) is 2.95. The number of pyridine rings is 1. The normalized spacial score (nSPS) is 19.9. The average molecular weight is 234 g/mol. The molecule has 0 radical (unpaired) electrons. The van der Waals surface area contributed by atoms with Crippen molar-refractivity contribution in [2.45, 2.75) is 13.0 Å². The fourth-order valence-corrected chi connectivity index (χ4v) is 1.80. The second kappa shape index (κ2) is 4.40. The zero-order valence-corrected chi connectivity index (χ0v) is 9.51. The van der Waals surface area contributed by atoms with Crippen LogP contribution in [0.15, 0.2) is 18.5 Å². The average Bonchev–Trinajstić information content (AvgIpc) is 2.32. The second-order valence-electron chi connectivity index (χ2n) is 3.93. The number of hydrogen-bond donors (Lipinski definition) is 2. The van der Waals surface area contributed by atoms with E-state index in [9.17, 15) is 9.59 Å². The van der Waals surface area contributed by atoms with Crippen LogP contribution in [0.1, 0.15) is 17.3 Å². The molecule has 6 heteroatoms. The van der Waals surface area contributed by atoms with E-state index in [1.54, 1.807) is 13.0 Å². The van der Waals surface area contributed by atoms with E-state index in [0.29, 0.717) is 24.3 Å². The quantitative estimate of drug-likeness (QED) is 0.693. The molecule has 17 heavy (non-hydrogen) atoms. The van der Waals surface area contributed by atoms with Crippen LogP contribution in [-0.2, 0) is 4.79 Å². The zero-order chi connectivity index (χ0) is 12.4. The summed E-state index contributed by atoms with van der Waals surface area (Å²) in [7, 11) is 0. The van der Waals surface area contributed by atoms with E-state index in [2.05, 4.69) is 10.3 Å². The molecule has 0 spiro atoms. The van der Waals surface area contributed by atoms with Gasteiger partial charge in [-0.15, -0.1) is 0 Å². The van der Waals surface area contributed by atoms with Gasteiger partial charge in [0.2, 0.25) is 5.91 Å². The lowest BCUT2D eigenvalue weighted by molar-refractivity contribution is -0.127. The lowest BCUT2D eigenvalue weighted by Crippen LogP contribution is -2.55. The molecule has 1 saturated heterocycles. The molecule has 0 bridgehead atoms. The van der Waals surface area contributed by atoms with Crippen molar-refractivity contribution in [2.24, 2.45) is 0 Å². The van der Waals surface area contributed by atoms with Crippen molar-refractivity contribution >= 4 is 17.5 Å². The van der Waals surface area contributed by atoms with Crippen LogP contribution >= 0.6 is 0 Å². The van der Waals surface area contributed by atoms with E-state index < -0.39 is 6.04 Å². The molecule has 1 fully saturated rings. The van der Waals surface area contributed by atoms with Crippen LogP contribution in [0.25, 0.3) is 0 Å². The van der Waals surface area contributed by atoms with Crippen molar-refractivity contribution in [3.05, 3.63) is 24.0 Å². The first-order chi connectivity index (χ1) is 8.11. The van der Waals surface area contributed by atoms with E-state index in [1.165, 1.54) is 17.3 Å². The predicted molar refractivity (Wildman–Crippen MR) is 62.2 cm³/mol. The lowest BCUT2D eigenvalue weighted by Gasteiger charge is -2.32. The number of hydrogen-bond acceptors (Lipinski definition) is 4. The number of nitrogen functional groups attached to an aromatic ring is 1. The molecule has 1 unspecified atom stereocenters. The molecular weight excluding hydrogens is 220 g/mol. The molecule has 0 aromatic carbocycles. The first-order valence-electron chi connectivity index (χ1n) is 5.39. The Morgan fingerprint density at radius 2 is 2.41 bits per heavy atom. The highest BCUT2D eigenvalue weighted by molar-refractivity contribution is 6.01. The SMILES string of the molecule is CC1C(=O)NCCN1C(=O)c1cnccc1N. The van der Waals surface area contributed by atoms with E-state index in [4.69, 9.17) is 5.73 Å². The summed E-state index contributed by atoms with van der Waals surface area (Å²) < 4.78 is 0. The van der Waals surface area contributed by atoms with Gasteiger partial charge < -0.3 is 16.0 Å². The van der Waals surface area contributed by atoms with Gasteiger partial charge in [-0.1, -0.05) is 0 Å². The van der Waals surface area contributed by atoms with Gasteiger partial charge in [0, 0.05) is 31.2 Å². The molecule has 3 N–H and O–H groups in total. The molecule has 2 heterocycles. The summed E-state index contributed by atoms with van der Waals surface area (Å²) in [6.45, 7) is 2.65. The predicted octanol–water partition coefficient (Wildman–Crippen LogP) is -0.376. The minimum absolute atomic E-state index is 0.146. The van der Waals surface area contributed by atoms with Crippen molar-refractivity contribution in [3.63, 3.8) is 0 Å². The van der Waals surface area contributed by atoms with Crippen molar-refractivity contribution in [2.75, 3.05) is 18.8 Å². The minimum atomic E-state index is -0.476. The molecule has 0 saturated carbocycles. The van der Waals surface area contributed by atoms with Crippen LogP contribution in [-0.4, -0.2) is 40.8 Å². The smallest absolute Gasteiger partial charge is 0.258 e. The van der Waals surface area contributed by atoms with E-state index in [-0.39, 0.29) is 11.8 Å². The second-order valence-corrected chi connectivity index (χ2v) is 3.93. The molecule has 1 aromatic rings. The van der Waals surface area contributed by atoms with Crippen LogP contribution in [0.3, 0.4) is 0 Å². The molecule has 90 valence electrons. The van der Waals surface area contributed by atoms with Crippen molar-refractivity contribution in [3.8, 4) is 0 Å². The fraction of sp³-hybridized carbons (Fsp3) is 0.364. The summed E-state index contributed by atoms with van der Waals surface area (Å²) >= 11 is 0. The summed E-state index contributed by atoms with van der Waals surface area (Å²) in [5, 5.41) is 2.70. The van der Waals surface area contributed by atoms with Gasteiger partial charge >= 0.3 is 0 Å². The highest BCUT2D eigenvalue weighted by Gasteiger charge is 2.30. The van der Waals surface area contributed by atoms with Gasteiger partial charge in [-0.05, 0) is 13.0 Å². The molecule has 6 nitrogen and oxygen atoms in total. The largest absolute Gasteiger partial charge is 0.398 e. The number of rotatable bonds is 1. The molecule has 1 atom stereocenters. The molecule has 1 aliphatic heterocycles. The van der Waals surface area contributed by atoms with Gasteiger partial charge in [0.25, 0.3) is 5.91 Å². The summed E-state index contributed by atoms with van der Waals surface area (Å²) in [6, 6.07) is 1.10. The van der Waals surface area contributed by atoms with Crippen molar-refractivity contribution in [1.29, 1.82) is 0 Å². The summed E-state index contributed by atoms with van der Waals surface area (Å²) in [5.74, 6) is -0.398. The third-order valence-corrected chi connectivity index (χ3v) is 2.84. The number of nitrogens with zero attached hydrogens (tertiary/aromatic N) is 2. The van der Waals surface area contributed by atoms with Crippen molar-refractivity contribution in [1.82, 2.24) is 15.2 Å². The van der Waals surface area contributed by atoms with Gasteiger partial charge in [0.1, 0.15) is 6.04 Å². The number of anilines is 1. The third-order valence-electron chi connectivity index (χ3n) is 2.84. The standard InChI is InChI=1S/C11H14N4O2/c1-7-10(16)14-4-5-15(7)11(17)8-6-13-3-2-9(8)12/h2-3,6-7H,4-5H2,1H3,(H2,12,13)(H,14,16). The molecule has 2 amide bonds. The highest BCUT2D eigenvalue weighted by atomic mass is 16.2. The summed E-state index contributed by atoms with van der Waals surface area (Å²) in [6.07, 6.45) is 2.95.